The van der Waals surface area contributed by atoms with E-state index in [1.54, 1.807) is 6.33 Å². The summed E-state index contributed by atoms with van der Waals surface area (Å²) < 4.78 is 1.97. The number of aromatic nitrogens is 3. The Labute approximate surface area is 114 Å². The maximum absolute atomic E-state index is 11.9. The summed E-state index contributed by atoms with van der Waals surface area (Å²) >= 11 is 0. The fraction of sp³-hybridized carbons (Fsp3) is 0.643. The maximum atomic E-state index is 11.9. The van der Waals surface area contributed by atoms with E-state index < -0.39 is 0 Å². The van der Waals surface area contributed by atoms with Gasteiger partial charge in [-0.15, -0.1) is 10.2 Å². The molecule has 5 heteroatoms. The quantitative estimate of drug-likeness (QED) is 0.829. The number of allylic oxidation sites excluding steroid dienone is 1. The van der Waals surface area contributed by atoms with Crippen LogP contribution in [-0.2, 0) is 11.3 Å². The highest BCUT2D eigenvalue weighted by Gasteiger charge is 2.11. The summed E-state index contributed by atoms with van der Waals surface area (Å²) in [6, 6.07) is 0.308. The highest BCUT2D eigenvalue weighted by atomic mass is 16.1. The van der Waals surface area contributed by atoms with Crippen molar-refractivity contribution in [3.8, 4) is 0 Å². The van der Waals surface area contributed by atoms with Crippen molar-refractivity contribution in [3.63, 3.8) is 0 Å². The number of carbonyl (C=O) groups is 1. The first-order valence-corrected chi connectivity index (χ1v) is 7.00. The van der Waals surface area contributed by atoms with Crippen molar-refractivity contribution in [3.05, 3.63) is 23.8 Å². The van der Waals surface area contributed by atoms with E-state index >= 15 is 0 Å². The van der Waals surface area contributed by atoms with Crippen LogP contribution >= 0.6 is 0 Å². The van der Waals surface area contributed by atoms with Crippen LogP contribution in [0.15, 0.2) is 18.0 Å². The fourth-order valence-electron chi connectivity index (χ4n) is 2.34. The Bertz CT molecular complexity index is 462. The minimum absolute atomic E-state index is 0.0754. The Morgan fingerprint density at radius 2 is 2.32 bits per heavy atom. The molecular weight excluding hydrogens is 240 g/mol. The molecular formula is C14H22N4O. The predicted octanol–water partition coefficient (Wildman–Crippen LogP) is 2.37. The highest BCUT2D eigenvalue weighted by molar-refractivity contribution is 5.78. The maximum Gasteiger partial charge on any atom is 0.224 e. The topological polar surface area (TPSA) is 59.8 Å². The van der Waals surface area contributed by atoms with Gasteiger partial charge in [0.05, 0.1) is 6.54 Å². The molecule has 0 bridgehead atoms. The summed E-state index contributed by atoms with van der Waals surface area (Å²) in [6.45, 7) is 4.59. The molecule has 1 aliphatic carbocycles. The van der Waals surface area contributed by atoms with E-state index in [9.17, 15) is 4.79 Å². The van der Waals surface area contributed by atoms with Gasteiger partial charge in [-0.3, -0.25) is 4.79 Å². The van der Waals surface area contributed by atoms with Crippen molar-refractivity contribution in [2.24, 2.45) is 0 Å². The van der Waals surface area contributed by atoms with Crippen molar-refractivity contribution in [1.29, 1.82) is 0 Å². The SMILES string of the molecule is CC(C)n1cnnc1CNC(=O)CC1=CCCCC1. The van der Waals surface area contributed by atoms with Crippen LogP contribution in [0.1, 0.15) is 57.8 Å². The van der Waals surface area contributed by atoms with E-state index in [4.69, 9.17) is 0 Å². The average molecular weight is 262 g/mol. The molecule has 0 aromatic carbocycles. The predicted molar refractivity (Wildman–Crippen MR) is 73.4 cm³/mol. The van der Waals surface area contributed by atoms with Gasteiger partial charge in [0, 0.05) is 12.5 Å². The van der Waals surface area contributed by atoms with Gasteiger partial charge >= 0.3 is 0 Å². The molecule has 19 heavy (non-hydrogen) atoms. The van der Waals surface area contributed by atoms with Gasteiger partial charge < -0.3 is 9.88 Å². The molecule has 0 radical (unpaired) electrons. The van der Waals surface area contributed by atoms with Crippen LogP contribution in [0.25, 0.3) is 0 Å². The number of amides is 1. The Balaban J connectivity index is 1.83. The van der Waals surface area contributed by atoms with Crippen molar-refractivity contribution >= 4 is 5.91 Å². The normalized spacial score (nSPS) is 15.4. The van der Waals surface area contributed by atoms with Crippen molar-refractivity contribution in [2.75, 3.05) is 0 Å². The summed E-state index contributed by atoms with van der Waals surface area (Å²) in [7, 11) is 0. The molecule has 0 atom stereocenters. The number of rotatable bonds is 5. The standard InChI is InChI=1S/C14H22N4O/c1-11(2)18-10-16-17-13(18)9-15-14(19)8-12-6-4-3-5-7-12/h6,10-11H,3-5,7-9H2,1-2H3,(H,15,19). The Morgan fingerprint density at radius 1 is 1.47 bits per heavy atom. The van der Waals surface area contributed by atoms with Crippen LogP contribution in [-0.4, -0.2) is 20.7 Å². The number of nitrogens with one attached hydrogen (secondary N) is 1. The molecule has 1 aromatic heterocycles. The lowest BCUT2D eigenvalue weighted by Gasteiger charge is -2.13. The van der Waals surface area contributed by atoms with E-state index in [1.165, 1.54) is 18.4 Å². The molecule has 0 unspecified atom stereocenters. The molecule has 1 aromatic rings. The van der Waals surface area contributed by atoms with Crippen molar-refractivity contribution in [1.82, 2.24) is 20.1 Å². The first kappa shape index (κ1) is 13.8. The van der Waals surface area contributed by atoms with Crippen LogP contribution in [0.5, 0.6) is 0 Å². The molecule has 1 N–H and O–H groups in total. The van der Waals surface area contributed by atoms with Gasteiger partial charge in [-0.05, 0) is 39.5 Å². The van der Waals surface area contributed by atoms with Crippen LogP contribution in [0.2, 0.25) is 0 Å². The molecule has 2 rings (SSSR count). The minimum atomic E-state index is 0.0754. The fourth-order valence-corrected chi connectivity index (χ4v) is 2.34. The van der Waals surface area contributed by atoms with Crippen LogP contribution in [0.4, 0.5) is 0 Å². The van der Waals surface area contributed by atoms with E-state index in [-0.39, 0.29) is 5.91 Å². The zero-order valence-electron chi connectivity index (χ0n) is 11.7. The summed E-state index contributed by atoms with van der Waals surface area (Å²) in [5.41, 5.74) is 1.27. The molecule has 104 valence electrons. The number of nitrogens with zero attached hydrogens (tertiary/aromatic N) is 3. The Morgan fingerprint density at radius 3 is 3.00 bits per heavy atom. The first-order valence-electron chi connectivity index (χ1n) is 7.00. The monoisotopic (exact) mass is 262 g/mol. The average Bonchev–Trinajstić information content (AvgIpc) is 2.86. The lowest BCUT2D eigenvalue weighted by molar-refractivity contribution is -0.120. The number of hydrogen-bond donors (Lipinski definition) is 1. The molecule has 5 nitrogen and oxygen atoms in total. The van der Waals surface area contributed by atoms with E-state index in [2.05, 4.69) is 35.4 Å². The highest BCUT2D eigenvalue weighted by Crippen LogP contribution is 2.19. The largest absolute Gasteiger partial charge is 0.349 e. The summed E-state index contributed by atoms with van der Waals surface area (Å²) in [5.74, 6) is 0.882. The van der Waals surface area contributed by atoms with E-state index in [0.29, 0.717) is 19.0 Å². The second kappa shape index (κ2) is 6.50. The molecule has 1 heterocycles. The Kier molecular flexibility index (Phi) is 4.71. The molecule has 0 spiro atoms. The zero-order valence-corrected chi connectivity index (χ0v) is 11.7. The van der Waals surface area contributed by atoms with E-state index in [0.717, 1.165) is 18.7 Å². The van der Waals surface area contributed by atoms with Gasteiger partial charge in [-0.2, -0.15) is 0 Å². The van der Waals surface area contributed by atoms with Gasteiger partial charge in [0.1, 0.15) is 6.33 Å². The van der Waals surface area contributed by atoms with Crippen LogP contribution in [0.3, 0.4) is 0 Å². The van der Waals surface area contributed by atoms with Gasteiger partial charge in [0.2, 0.25) is 5.91 Å². The second-order valence-electron chi connectivity index (χ2n) is 5.31. The van der Waals surface area contributed by atoms with Crippen molar-refractivity contribution in [2.45, 2.75) is 58.5 Å². The lowest BCUT2D eigenvalue weighted by atomic mass is 9.97. The molecule has 0 saturated carbocycles. The Hall–Kier alpha value is -1.65. The van der Waals surface area contributed by atoms with Gasteiger partial charge in [0.25, 0.3) is 0 Å². The smallest absolute Gasteiger partial charge is 0.224 e. The molecule has 1 aliphatic rings. The van der Waals surface area contributed by atoms with Gasteiger partial charge in [-0.25, -0.2) is 0 Å². The van der Waals surface area contributed by atoms with Gasteiger partial charge in [-0.1, -0.05) is 11.6 Å². The molecule has 0 fully saturated rings. The van der Waals surface area contributed by atoms with Crippen molar-refractivity contribution < 1.29 is 4.79 Å². The summed E-state index contributed by atoms with van der Waals surface area (Å²) in [4.78, 5) is 11.9. The lowest BCUT2D eigenvalue weighted by Crippen LogP contribution is -2.25. The third-order valence-electron chi connectivity index (χ3n) is 3.42. The molecule has 0 saturated heterocycles. The van der Waals surface area contributed by atoms with Crippen LogP contribution < -0.4 is 5.32 Å². The second-order valence-corrected chi connectivity index (χ2v) is 5.31. The third-order valence-corrected chi connectivity index (χ3v) is 3.42. The number of carbonyl (C=O) groups excluding carboxylic acids is 1. The first-order chi connectivity index (χ1) is 9.16. The molecule has 0 aliphatic heterocycles. The molecule has 1 amide bonds. The van der Waals surface area contributed by atoms with E-state index in [1.807, 2.05) is 4.57 Å². The summed E-state index contributed by atoms with van der Waals surface area (Å²) in [6.07, 6.45) is 9.08. The zero-order chi connectivity index (χ0) is 13.7. The van der Waals surface area contributed by atoms with Gasteiger partial charge in [0.15, 0.2) is 5.82 Å². The number of hydrogen-bond acceptors (Lipinski definition) is 3. The minimum Gasteiger partial charge on any atom is -0.349 e. The third kappa shape index (κ3) is 3.91. The van der Waals surface area contributed by atoms with Crippen LogP contribution in [0, 0.1) is 0 Å². The summed E-state index contributed by atoms with van der Waals surface area (Å²) in [5, 5.41) is 10.9.